The zero-order valence-electron chi connectivity index (χ0n) is 16.7. The Kier molecular flexibility index (Phi) is 6.07. The number of fused-ring (bicyclic) bond motifs is 3. The summed E-state index contributed by atoms with van der Waals surface area (Å²) in [5, 5.41) is 6.20. The largest absolute Gasteiger partial charge is 0.310 e. The van der Waals surface area contributed by atoms with Crippen molar-refractivity contribution in [1.29, 1.82) is 0 Å². The van der Waals surface area contributed by atoms with E-state index in [0.29, 0.717) is 17.4 Å². The number of H-pyrrole nitrogens is 1. The molecule has 0 unspecified atom stereocenters. The molecule has 0 spiro atoms. The number of nitrogens with one attached hydrogen (secondary N) is 2. The van der Waals surface area contributed by atoms with Gasteiger partial charge in [0.2, 0.25) is 5.91 Å². The fourth-order valence-electron chi connectivity index (χ4n) is 3.69. The number of nitrogens with zero attached hydrogens (tertiary/aromatic N) is 3. The molecule has 4 rings (SSSR count). The van der Waals surface area contributed by atoms with Gasteiger partial charge in [-0.05, 0) is 37.9 Å². The SMILES string of the molecule is CCN(CC)Cc1csc(NC(=O)CCc2nc3sc4c(c3c(=O)[nH]2)CCC4)n1. The van der Waals surface area contributed by atoms with Crippen molar-refractivity contribution in [2.24, 2.45) is 0 Å². The molecule has 0 aromatic carbocycles. The van der Waals surface area contributed by atoms with E-state index in [1.54, 1.807) is 11.3 Å². The number of anilines is 1. The average molecular weight is 432 g/mol. The third-order valence-electron chi connectivity index (χ3n) is 5.29. The number of carbonyl (C=O) groups is 1. The van der Waals surface area contributed by atoms with Gasteiger partial charge in [0.1, 0.15) is 10.7 Å². The third kappa shape index (κ3) is 4.41. The number of carbonyl (C=O) groups excluding carboxylic acids is 1. The highest BCUT2D eigenvalue weighted by molar-refractivity contribution is 7.18. The van der Waals surface area contributed by atoms with Gasteiger partial charge in [0.15, 0.2) is 5.13 Å². The van der Waals surface area contributed by atoms with E-state index in [2.05, 4.69) is 39.0 Å². The van der Waals surface area contributed by atoms with Crippen LogP contribution in [0.4, 0.5) is 5.13 Å². The number of thiophene rings is 1. The van der Waals surface area contributed by atoms with Gasteiger partial charge < -0.3 is 10.3 Å². The highest BCUT2D eigenvalue weighted by Gasteiger charge is 2.21. The predicted octanol–water partition coefficient (Wildman–Crippen LogP) is 3.34. The second-order valence-electron chi connectivity index (χ2n) is 7.20. The van der Waals surface area contributed by atoms with E-state index in [1.807, 2.05) is 5.38 Å². The lowest BCUT2D eigenvalue weighted by molar-refractivity contribution is -0.116. The maximum Gasteiger partial charge on any atom is 0.259 e. The summed E-state index contributed by atoms with van der Waals surface area (Å²) >= 11 is 3.06. The molecule has 0 atom stereocenters. The second kappa shape index (κ2) is 8.73. The van der Waals surface area contributed by atoms with Crippen LogP contribution in [0.3, 0.4) is 0 Å². The fourth-order valence-corrected chi connectivity index (χ4v) is 5.69. The van der Waals surface area contributed by atoms with Gasteiger partial charge in [-0.15, -0.1) is 22.7 Å². The topological polar surface area (TPSA) is 91.0 Å². The Bertz CT molecular complexity index is 1080. The molecule has 0 bridgehead atoms. The highest BCUT2D eigenvalue weighted by atomic mass is 32.1. The van der Waals surface area contributed by atoms with Crippen molar-refractivity contribution in [2.45, 2.75) is 52.5 Å². The van der Waals surface area contributed by atoms with E-state index < -0.39 is 0 Å². The van der Waals surface area contributed by atoms with Gasteiger partial charge in [-0.25, -0.2) is 9.97 Å². The molecular formula is C20H25N5O2S2. The third-order valence-corrected chi connectivity index (χ3v) is 7.28. The summed E-state index contributed by atoms with van der Waals surface area (Å²) in [5.74, 6) is 0.448. The van der Waals surface area contributed by atoms with E-state index in [-0.39, 0.29) is 17.9 Å². The molecule has 1 aliphatic carbocycles. The van der Waals surface area contributed by atoms with Crippen LogP contribution in [-0.2, 0) is 30.6 Å². The lowest BCUT2D eigenvalue weighted by Gasteiger charge is -2.15. The standard InChI is InChI=1S/C20H25N5O2S2/c1-3-25(4-2)10-12-11-28-20(21-12)24-16(26)9-8-15-22-18(27)17-13-6-5-7-14(13)29-19(17)23-15/h11H,3-10H2,1-2H3,(H,21,24,26)(H,22,23,27). The van der Waals surface area contributed by atoms with Crippen LogP contribution < -0.4 is 10.9 Å². The summed E-state index contributed by atoms with van der Waals surface area (Å²) < 4.78 is 0. The molecule has 2 N–H and O–H groups in total. The molecular weight excluding hydrogens is 406 g/mol. The van der Waals surface area contributed by atoms with Crippen LogP contribution in [0.5, 0.6) is 0 Å². The molecule has 0 saturated carbocycles. The van der Waals surface area contributed by atoms with Crippen LogP contribution in [0.15, 0.2) is 10.2 Å². The Labute approximate surface area is 177 Å². The van der Waals surface area contributed by atoms with Crippen LogP contribution >= 0.6 is 22.7 Å². The molecule has 1 aliphatic rings. The number of rotatable bonds is 8. The summed E-state index contributed by atoms with van der Waals surface area (Å²) in [4.78, 5) is 41.1. The molecule has 9 heteroatoms. The second-order valence-corrected chi connectivity index (χ2v) is 9.15. The average Bonchev–Trinajstić information content (AvgIpc) is 3.40. The van der Waals surface area contributed by atoms with Crippen molar-refractivity contribution < 1.29 is 4.79 Å². The number of thiazole rings is 1. The number of hydrogen-bond acceptors (Lipinski definition) is 7. The van der Waals surface area contributed by atoms with E-state index in [4.69, 9.17) is 0 Å². The van der Waals surface area contributed by atoms with Crippen molar-refractivity contribution in [3.63, 3.8) is 0 Å². The first-order valence-electron chi connectivity index (χ1n) is 10.1. The molecule has 7 nitrogen and oxygen atoms in total. The minimum absolute atomic E-state index is 0.0780. The Morgan fingerprint density at radius 2 is 2.10 bits per heavy atom. The summed E-state index contributed by atoms with van der Waals surface area (Å²) in [7, 11) is 0. The number of aryl methyl sites for hydroxylation is 3. The Hall–Kier alpha value is -2.10. The first-order chi connectivity index (χ1) is 14.1. The summed E-state index contributed by atoms with van der Waals surface area (Å²) in [6.45, 7) is 6.97. The highest BCUT2D eigenvalue weighted by Crippen LogP contribution is 2.34. The first-order valence-corrected chi connectivity index (χ1v) is 11.8. The molecule has 29 heavy (non-hydrogen) atoms. The van der Waals surface area contributed by atoms with Crippen LogP contribution in [0.2, 0.25) is 0 Å². The number of amides is 1. The van der Waals surface area contributed by atoms with Gasteiger partial charge >= 0.3 is 0 Å². The Balaban J connectivity index is 1.36. The van der Waals surface area contributed by atoms with E-state index in [9.17, 15) is 9.59 Å². The summed E-state index contributed by atoms with van der Waals surface area (Å²) in [5.41, 5.74) is 2.06. The molecule has 3 aromatic heterocycles. The van der Waals surface area contributed by atoms with Crippen molar-refractivity contribution in [3.8, 4) is 0 Å². The lowest BCUT2D eigenvalue weighted by atomic mass is 10.2. The fraction of sp³-hybridized carbons (Fsp3) is 0.500. The monoisotopic (exact) mass is 431 g/mol. The van der Waals surface area contributed by atoms with Crippen LogP contribution in [0, 0.1) is 0 Å². The first kappa shape index (κ1) is 20.2. The number of hydrogen-bond donors (Lipinski definition) is 2. The van der Waals surface area contributed by atoms with Gasteiger partial charge in [-0.2, -0.15) is 0 Å². The Morgan fingerprint density at radius 1 is 1.28 bits per heavy atom. The quantitative estimate of drug-likeness (QED) is 0.571. The summed E-state index contributed by atoms with van der Waals surface area (Å²) in [6, 6.07) is 0. The maximum absolute atomic E-state index is 12.5. The van der Waals surface area contributed by atoms with Crippen molar-refractivity contribution in [3.05, 3.63) is 37.7 Å². The molecule has 0 aliphatic heterocycles. The van der Waals surface area contributed by atoms with Gasteiger partial charge in [0.25, 0.3) is 5.56 Å². The zero-order chi connectivity index (χ0) is 20.4. The van der Waals surface area contributed by atoms with E-state index in [0.717, 1.165) is 54.8 Å². The molecule has 0 radical (unpaired) electrons. The molecule has 3 aromatic rings. The molecule has 3 heterocycles. The van der Waals surface area contributed by atoms with Crippen LogP contribution in [0.25, 0.3) is 10.2 Å². The minimum Gasteiger partial charge on any atom is -0.310 e. The zero-order valence-corrected chi connectivity index (χ0v) is 18.3. The van der Waals surface area contributed by atoms with Crippen molar-refractivity contribution in [2.75, 3.05) is 18.4 Å². The van der Waals surface area contributed by atoms with Gasteiger partial charge in [0.05, 0.1) is 11.1 Å². The van der Waals surface area contributed by atoms with Crippen molar-refractivity contribution in [1.82, 2.24) is 19.9 Å². The van der Waals surface area contributed by atoms with Crippen LogP contribution in [-0.4, -0.2) is 38.8 Å². The molecule has 0 fully saturated rings. The molecule has 1 amide bonds. The van der Waals surface area contributed by atoms with Crippen molar-refractivity contribution >= 4 is 43.9 Å². The van der Waals surface area contributed by atoms with Gasteiger partial charge in [-0.3, -0.25) is 14.5 Å². The normalized spacial score (nSPS) is 13.3. The summed E-state index contributed by atoms with van der Waals surface area (Å²) in [6.07, 6.45) is 3.77. The Morgan fingerprint density at radius 3 is 2.90 bits per heavy atom. The lowest BCUT2D eigenvalue weighted by Crippen LogP contribution is -2.22. The van der Waals surface area contributed by atoms with E-state index in [1.165, 1.54) is 21.8 Å². The number of aromatic nitrogens is 3. The predicted molar refractivity (Wildman–Crippen MR) is 118 cm³/mol. The van der Waals surface area contributed by atoms with E-state index >= 15 is 0 Å². The smallest absolute Gasteiger partial charge is 0.259 e. The molecule has 0 saturated heterocycles. The number of aromatic amines is 1. The molecule has 154 valence electrons. The van der Waals surface area contributed by atoms with Gasteiger partial charge in [-0.1, -0.05) is 13.8 Å². The van der Waals surface area contributed by atoms with Crippen LogP contribution in [0.1, 0.15) is 48.6 Å². The maximum atomic E-state index is 12.5. The van der Waals surface area contributed by atoms with Gasteiger partial charge in [0, 0.05) is 29.6 Å². The minimum atomic E-state index is -0.120.